The Morgan fingerprint density at radius 3 is 2.81 bits per heavy atom. The molecule has 0 spiro atoms. The Labute approximate surface area is 123 Å². The van der Waals surface area contributed by atoms with Crippen LogP contribution in [0.1, 0.15) is 62.5 Å². The maximum absolute atomic E-state index is 12.5. The van der Waals surface area contributed by atoms with Gasteiger partial charge in [0.1, 0.15) is 17.5 Å². The van der Waals surface area contributed by atoms with Gasteiger partial charge in [-0.05, 0) is 32.6 Å². The molecule has 1 aliphatic rings. The molecule has 1 saturated carbocycles. The molecular formula is C15H22N2O4. The zero-order valence-corrected chi connectivity index (χ0v) is 12.7. The van der Waals surface area contributed by atoms with E-state index in [1.54, 1.807) is 13.8 Å². The summed E-state index contributed by atoms with van der Waals surface area (Å²) in [7, 11) is 0. The highest BCUT2D eigenvalue weighted by atomic mass is 16.5. The molecule has 0 radical (unpaired) electrons. The average Bonchev–Trinajstić information content (AvgIpc) is 3.07. The second kappa shape index (κ2) is 5.87. The van der Waals surface area contributed by atoms with E-state index in [0.29, 0.717) is 5.92 Å². The van der Waals surface area contributed by atoms with Gasteiger partial charge in [-0.3, -0.25) is 4.79 Å². The van der Waals surface area contributed by atoms with Gasteiger partial charge < -0.3 is 14.9 Å². The number of hydrogen-bond donors (Lipinski definition) is 2. The summed E-state index contributed by atoms with van der Waals surface area (Å²) >= 11 is 0. The highest BCUT2D eigenvalue weighted by Crippen LogP contribution is 2.35. The lowest BCUT2D eigenvalue weighted by Crippen LogP contribution is -2.45. The maximum atomic E-state index is 12.5. The molecule has 6 nitrogen and oxygen atoms in total. The number of rotatable bonds is 5. The molecule has 0 aromatic carbocycles. The minimum Gasteiger partial charge on any atom is -0.478 e. The third-order valence-corrected chi connectivity index (χ3v) is 4.35. The molecule has 6 heteroatoms. The van der Waals surface area contributed by atoms with E-state index < -0.39 is 11.5 Å². The molecular weight excluding hydrogens is 272 g/mol. The van der Waals surface area contributed by atoms with Crippen molar-refractivity contribution in [3.05, 3.63) is 17.5 Å². The van der Waals surface area contributed by atoms with Gasteiger partial charge in [0.2, 0.25) is 5.91 Å². The standard InChI is InChI=1S/C15H22N2O4/c1-4-9-6-5-7-10(9)13(18)16-15(2,3)12-11(14(19)20)8-21-17-12/h8-10H,4-7H2,1-3H3,(H,16,18)(H,19,20). The number of nitrogens with zero attached hydrogens (tertiary/aromatic N) is 1. The van der Waals surface area contributed by atoms with Crippen LogP contribution in [0.4, 0.5) is 0 Å². The molecule has 1 fully saturated rings. The van der Waals surface area contributed by atoms with Crippen LogP contribution in [0.25, 0.3) is 0 Å². The van der Waals surface area contributed by atoms with Crippen LogP contribution in [-0.2, 0) is 10.3 Å². The lowest BCUT2D eigenvalue weighted by Gasteiger charge is -2.28. The lowest BCUT2D eigenvalue weighted by molar-refractivity contribution is -0.127. The van der Waals surface area contributed by atoms with Crippen molar-refractivity contribution < 1.29 is 19.2 Å². The fourth-order valence-corrected chi connectivity index (χ4v) is 3.17. The predicted molar refractivity (Wildman–Crippen MR) is 75.8 cm³/mol. The van der Waals surface area contributed by atoms with Gasteiger partial charge in [0.05, 0.1) is 5.54 Å². The van der Waals surface area contributed by atoms with Crippen molar-refractivity contribution in [3.63, 3.8) is 0 Å². The summed E-state index contributed by atoms with van der Waals surface area (Å²) in [6.07, 6.45) is 5.13. The highest BCUT2D eigenvalue weighted by molar-refractivity contribution is 5.89. The Balaban J connectivity index is 2.15. The highest BCUT2D eigenvalue weighted by Gasteiger charge is 2.37. The first-order valence-electron chi connectivity index (χ1n) is 7.37. The summed E-state index contributed by atoms with van der Waals surface area (Å²) in [5.41, 5.74) is -0.647. The Kier molecular flexibility index (Phi) is 4.34. The average molecular weight is 294 g/mol. The van der Waals surface area contributed by atoms with E-state index in [9.17, 15) is 9.59 Å². The number of carbonyl (C=O) groups excluding carboxylic acids is 1. The van der Waals surface area contributed by atoms with Crippen LogP contribution in [0.15, 0.2) is 10.8 Å². The van der Waals surface area contributed by atoms with Gasteiger partial charge in [-0.25, -0.2) is 4.79 Å². The molecule has 116 valence electrons. The minimum absolute atomic E-state index is 0.00875. The zero-order valence-electron chi connectivity index (χ0n) is 12.7. The fourth-order valence-electron chi connectivity index (χ4n) is 3.17. The van der Waals surface area contributed by atoms with Crippen LogP contribution in [0.2, 0.25) is 0 Å². The number of hydrogen-bond acceptors (Lipinski definition) is 4. The van der Waals surface area contributed by atoms with Crippen LogP contribution in [0, 0.1) is 11.8 Å². The number of amides is 1. The van der Waals surface area contributed by atoms with Crippen molar-refractivity contribution in [1.82, 2.24) is 10.5 Å². The number of carboxylic acids is 1. The fraction of sp³-hybridized carbons (Fsp3) is 0.667. The lowest BCUT2D eigenvalue weighted by atomic mass is 9.90. The summed E-state index contributed by atoms with van der Waals surface area (Å²) in [5, 5.41) is 15.8. The number of nitrogens with one attached hydrogen (secondary N) is 1. The van der Waals surface area contributed by atoms with Gasteiger partial charge in [-0.15, -0.1) is 0 Å². The smallest absolute Gasteiger partial charge is 0.341 e. The van der Waals surface area contributed by atoms with Crippen LogP contribution in [0.3, 0.4) is 0 Å². The molecule has 0 bridgehead atoms. The molecule has 2 rings (SSSR count). The molecule has 1 heterocycles. The molecule has 1 amide bonds. The Hall–Kier alpha value is -1.85. The molecule has 2 atom stereocenters. The number of carboxylic acid groups (broad SMARTS) is 1. The van der Waals surface area contributed by atoms with Crippen molar-refractivity contribution >= 4 is 11.9 Å². The number of carbonyl (C=O) groups is 2. The van der Waals surface area contributed by atoms with Crippen molar-refractivity contribution in [2.75, 3.05) is 0 Å². The van der Waals surface area contributed by atoms with Crippen LogP contribution < -0.4 is 5.32 Å². The molecule has 21 heavy (non-hydrogen) atoms. The molecule has 2 unspecified atom stereocenters. The minimum atomic E-state index is -1.11. The topological polar surface area (TPSA) is 92.4 Å². The second-order valence-electron chi connectivity index (χ2n) is 6.20. The molecule has 1 aliphatic carbocycles. The molecule has 2 N–H and O–H groups in total. The Morgan fingerprint density at radius 1 is 1.48 bits per heavy atom. The van der Waals surface area contributed by atoms with Crippen LogP contribution in [-0.4, -0.2) is 22.1 Å². The predicted octanol–water partition coefficient (Wildman–Crippen LogP) is 2.55. The van der Waals surface area contributed by atoms with Gasteiger partial charge >= 0.3 is 5.97 Å². The van der Waals surface area contributed by atoms with Crippen LogP contribution >= 0.6 is 0 Å². The van der Waals surface area contributed by atoms with Gasteiger partial charge in [0.25, 0.3) is 0 Å². The van der Waals surface area contributed by atoms with E-state index in [1.165, 1.54) is 0 Å². The van der Waals surface area contributed by atoms with Gasteiger partial charge in [-0.2, -0.15) is 0 Å². The first-order valence-corrected chi connectivity index (χ1v) is 7.37. The van der Waals surface area contributed by atoms with E-state index in [-0.39, 0.29) is 23.1 Å². The van der Waals surface area contributed by atoms with E-state index >= 15 is 0 Å². The summed E-state index contributed by atoms with van der Waals surface area (Å²) in [6.45, 7) is 5.58. The number of aromatic nitrogens is 1. The van der Waals surface area contributed by atoms with Crippen molar-refractivity contribution in [2.45, 2.75) is 52.0 Å². The summed E-state index contributed by atoms with van der Waals surface area (Å²) in [4.78, 5) is 23.6. The summed E-state index contributed by atoms with van der Waals surface area (Å²) in [5.74, 6) is -0.712. The second-order valence-corrected chi connectivity index (χ2v) is 6.20. The third kappa shape index (κ3) is 3.09. The first-order chi connectivity index (χ1) is 9.86. The molecule has 1 aromatic rings. The van der Waals surface area contributed by atoms with Gasteiger partial charge in [0, 0.05) is 5.92 Å². The van der Waals surface area contributed by atoms with Crippen molar-refractivity contribution in [3.8, 4) is 0 Å². The molecule has 0 saturated heterocycles. The summed E-state index contributed by atoms with van der Waals surface area (Å²) < 4.78 is 4.76. The summed E-state index contributed by atoms with van der Waals surface area (Å²) in [6, 6.07) is 0. The van der Waals surface area contributed by atoms with Gasteiger partial charge in [-0.1, -0.05) is 24.9 Å². The third-order valence-electron chi connectivity index (χ3n) is 4.35. The van der Waals surface area contributed by atoms with E-state index in [2.05, 4.69) is 17.4 Å². The maximum Gasteiger partial charge on any atom is 0.341 e. The number of aromatic carboxylic acids is 1. The van der Waals surface area contributed by atoms with E-state index in [0.717, 1.165) is 31.9 Å². The Bertz CT molecular complexity index is 536. The first kappa shape index (κ1) is 15.5. The zero-order chi connectivity index (χ0) is 15.6. The van der Waals surface area contributed by atoms with E-state index in [4.69, 9.17) is 9.63 Å². The van der Waals surface area contributed by atoms with Crippen molar-refractivity contribution in [1.29, 1.82) is 0 Å². The Morgan fingerprint density at radius 2 is 2.19 bits per heavy atom. The monoisotopic (exact) mass is 294 g/mol. The normalized spacial score (nSPS) is 22.2. The quantitative estimate of drug-likeness (QED) is 0.870. The SMILES string of the molecule is CCC1CCCC1C(=O)NC(C)(C)c1nocc1C(=O)O. The van der Waals surface area contributed by atoms with Crippen molar-refractivity contribution in [2.24, 2.45) is 11.8 Å². The molecule has 1 aromatic heterocycles. The largest absolute Gasteiger partial charge is 0.478 e. The molecule has 0 aliphatic heterocycles. The van der Waals surface area contributed by atoms with Gasteiger partial charge in [0.15, 0.2) is 0 Å². The van der Waals surface area contributed by atoms with Crippen LogP contribution in [0.5, 0.6) is 0 Å². The van der Waals surface area contributed by atoms with E-state index in [1.807, 2.05) is 0 Å².